The summed E-state index contributed by atoms with van der Waals surface area (Å²) in [6, 6.07) is 3.25. The van der Waals surface area contributed by atoms with Crippen LogP contribution in [0.2, 0.25) is 0 Å². The molecular weight excluding hydrogens is 384 g/mol. The van der Waals surface area contributed by atoms with E-state index < -0.39 is 35.6 Å². The standard InChI is InChI=1S/C20H21F2N3O4/c21-13-2-1-3-14(22)16(13)15(26)10-29-20(27)17-18(11-6-8-28-9-7-11)24-25(19(17)23)12-4-5-12/h1-3,11-12H,4-10,23H2. The number of rotatable bonds is 6. The highest BCUT2D eigenvalue weighted by Gasteiger charge is 2.35. The van der Waals surface area contributed by atoms with Gasteiger partial charge >= 0.3 is 5.97 Å². The number of halogens is 2. The summed E-state index contributed by atoms with van der Waals surface area (Å²) >= 11 is 0. The zero-order chi connectivity index (χ0) is 20.5. The van der Waals surface area contributed by atoms with Gasteiger partial charge in [0.05, 0.1) is 17.3 Å². The number of nitrogens with two attached hydrogens (primary N) is 1. The maximum atomic E-state index is 13.8. The van der Waals surface area contributed by atoms with Crippen molar-refractivity contribution in [2.24, 2.45) is 0 Å². The summed E-state index contributed by atoms with van der Waals surface area (Å²) in [5.74, 6) is -3.60. The molecule has 1 aromatic heterocycles. The summed E-state index contributed by atoms with van der Waals surface area (Å²) in [4.78, 5) is 25.0. The average Bonchev–Trinajstić information content (AvgIpc) is 3.49. The lowest BCUT2D eigenvalue weighted by atomic mass is 9.93. The fraction of sp³-hybridized carbons (Fsp3) is 0.450. The summed E-state index contributed by atoms with van der Waals surface area (Å²) in [6.07, 6.45) is 3.25. The van der Waals surface area contributed by atoms with E-state index in [1.807, 2.05) is 0 Å². The van der Waals surface area contributed by atoms with Gasteiger partial charge in [-0.2, -0.15) is 5.10 Å². The van der Waals surface area contributed by atoms with E-state index in [0.29, 0.717) is 31.7 Å². The number of anilines is 1. The van der Waals surface area contributed by atoms with Crippen LogP contribution in [0.1, 0.15) is 64.1 Å². The maximum absolute atomic E-state index is 13.8. The predicted molar refractivity (Wildman–Crippen MR) is 98.7 cm³/mol. The second-order valence-electron chi connectivity index (χ2n) is 7.30. The number of hydrogen-bond acceptors (Lipinski definition) is 6. The number of aromatic nitrogens is 2. The molecule has 4 rings (SSSR count). The maximum Gasteiger partial charge on any atom is 0.344 e. The number of carbonyl (C=O) groups is 2. The minimum Gasteiger partial charge on any atom is -0.454 e. The minimum atomic E-state index is -1.00. The molecule has 0 radical (unpaired) electrons. The third-order valence-corrected chi connectivity index (χ3v) is 5.26. The summed E-state index contributed by atoms with van der Waals surface area (Å²) < 4.78 is 39.6. The zero-order valence-corrected chi connectivity index (χ0v) is 15.7. The number of carbonyl (C=O) groups excluding carboxylic acids is 2. The van der Waals surface area contributed by atoms with Crippen molar-refractivity contribution in [1.29, 1.82) is 0 Å². The Labute approximate surface area is 165 Å². The Kier molecular flexibility index (Phi) is 5.31. The third kappa shape index (κ3) is 3.87. The van der Waals surface area contributed by atoms with Gasteiger partial charge in [0.25, 0.3) is 0 Å². The molecule has 1 aliphatic carbocycles. The van der Waals surface area contributed by atoms with Gasteiger partial charge in [0.2, 0.25) is 5.78 Å². The Morgan fingerprint density at radius 2 is 1.79 bits per heavy atom. The van der Waals surface area contributed by atoms with Gasteiger partial charge in [0, 0.05) is 19.1 Å². The number of esters is 1. The molecule has 2 aromatic rings. The van der Waals surface area contributed by atoms with E-state index in [1.54, 1.807) is 4.68 Å². The molecular formula is C20H21F2N3O4. The molecule has 1 saturated carbocycles. The van der Waals surface area contributed by atoms with Gasteiger partial charge in [0.15, 0.2) is 6.61 Å². The average molecular weight is 405 g/mol. The number of ketones is 1. The van der Waals surface area contributed by atoms with Crippen LogP contribution in [-0.4, -0.2) is 41.4 Å². The Balaban J connectivity index is 1.55. The molecule has 154 valence electrons. The van der Waals surface area contributed by atoms with Crippen molar-refractivity contribution < 1.29 is 27.8 Å². The van der Waals surface area contributed by atoms with Crippen LogP contribution in [0.3, 0.4) is 0 Å². The van der Waals surface area contributed by atoms with E-state index in [1.165, 1.54) is 0 Å². The first-order chi connectivity index (χ1) is 14.0. The molecule has 0 amide bonds. The summed E-state index contributed by atoms with van der Waals surface area (Å²) in [7, 11) is 0. The molecule has 0 spiro atoms. The van der Waals surface area contributed by atoms with Gasteiger partial charge < -0.3 is 15.2 Å². The Hall–Kier alpha value is -2.81. The summed E-state index contributed by atoms with van der Waals surface area (Å²) in [5.41, 5.74) is 6.12. The summed E-state index contributed by atoms with van der Waals surface area (Å²) in [5, 5.41) is 4.56. The van der Waals surface area contributed by atoms with Crippen molar-refractivity contribution in [2.75, 3.05) is 25.6 Å². The third-order valence-electron chi connectivity index (χ3n) is 5.26. The SMILES string of the molecule is Nc1c(C(=O)OCC(=O)c2c(F)cccc2F)c(C2CCOCC2)nn1C1CC1. The van der Waals surface area contributed by atoms with Crippen LogP contribution in [0.5, 0.6) is 0 Å². The number of benzene rings is 1. The normalized spacial score (nSPS) is 17.3. The van der Waals surface area contributed by atoms with Crippen LogP contribution in [-0.2, 0) is 9.47 Å². The second kappa shape index (κ2) is 7.90. The molecule has 7 nitrogen and oxygen atoms in total. The quantitative estimate of drug-likeness (QED) is 0.586. The number of nitrogens with zero attached hydrogens (tertiary/aromatic N) is 2. The molecule has 1 aromatic carbocycles. The van der Waals surface area contributed by atoms with Crippen LogP contribution in [0.25, 0.3) is 0 Å². The fourth-order valence-corrected chi connectivity index (χ4v) is 3.57. The molecule has 9 heteroatoms. The van der Waals surface area contributed by atoms with Crippen LogP contribution in [0, 0.1) is 11.6 Å². The lowest BCUT2D eigenvalue weighted by molar-refractivity contribution is 0.0468. The molecule has 29 heavy (non-hydrogen) atoms. The van der Waals surface area contributed by atoms with Gasteiger partial charge in [-0.15, -0.1) is 0 Å². The van der Waals surface area contributed by atoms with Crippen molar-refractivity contribution in [3.63, 3.8) is 0 Å². The molecule has 1 aliphatic heterocycles. The van der Waals surface area contributed by atoms with Gasteiger partial charge in [-0.25, -0.2) is 18.3 Å². The van der Waals surface area contributed by atoms with Crippen molar-refractivity contribution in [1.82, 2.24) is 9.78 Å². The van der Waals surface area contributed by atoms with Crippen LogP contribution in [0.15, 0.2) is 18.2 Å². The van der Waals surface area contributed by atoms with Crippen molar-refractivity contribution in [3.05, 3.63) is 46.7 Å². The molecule has 2 fully saturated rings. The number of nitrogen functional groups attached to an aromatic ring is 1. The van der Waals surface area contributed by atoms with E-state index in [9.17, 15) is 18.4 Å². The Morgan fingerprint density at radius 1 is 1.14 bits per heavy atom. The largest absolute Gasteiger partial charge is 0.454 e. The van der Waals surface area contributed by atoms with E-state index >= 15 is 0 Å². The lowest BCUT2D eigenvalue weighted by Gasteiger charge is -2.21. The van der Waals surface area contributed by atoms with Gasteiger partial charge in [-0.3, -0.25) is 4.79 Å². The smallest absolute Gasteiger partial charge is 0.344 e. The Bertz CT molecular complexity index is 929. The topological polar surface area (TPSA) is 96.4 Å². The fourth-order valence-electron chi connectivity index (χ4n) is 3.57. The van der Waals surface area contributed by atoms with Crippen LogP contribution >= 0.6 is 0 Å². The first kappa shape index (κ1) is 19.5. The highest BCUT2D eigenvalue weighted by molar-refractivity contribution is 6.01. The summed E-state index contributed by atoms with van der Waals surface area (Å²) in [6.45, 7) is 0.318. The molecule has 0 bridgehead atoms. The monoisotopic (exact) mass is 405 g/mol. The predicted octanol–water partition coefficient (Wildman–Crippen LogP) is 3.01. The van der Waals surface area contributed by atoms with E-state index in [4.69, 9.17) is 15.2 Å². The van der Waals surface area contributed by atoms with Gasteiger partial charge in [-0.1, -0.05) is 6.07 Å². The highest BCUT2D eigenvalue weighted by Crippen LogP contribution is 2.40. The van der Waals surface area contributed by atoms with Crippen LogP contribution < -0.4 is 5.73 Å². The van der Waals surface area contributed by atoms with Crippen molar-refractivity contribution >= 4 is 17.6 Å². The lowest BCUT2D eigenvalue weighted by Crippen LogP contribution is -2.20. The van der Waals surface area contributed by atoms with Crippen molar-refractivity contribution in [3.8, 4) is 0 Å². The van der Waals surface area contributed by atoms with Gasteiger partial charge in [-0.05, 0) is 37.8 Å². The molecule has 2 heterocycles. The molecule has 2 aliphatic rings. The van der Waals surface area contributed by atoms with Crippen LogP contribution in [0.4, 0.5) is 14.6 Å². The number of ether oxygens (including phenoxy) is 2. The van der Waals surface area contributed by atoms with Gasteiger partial charge in [0.1, 0.15) is 23.0 Å². The molecule has 2 N–H and O–H groups in total. The number of hydrogen-bond donors (Lipinski definition) is 1. The highest BCUT2D eigenvalue weighted by atomic mass is 19.1. The zero-order valence-electron chi connectivity index (χ0n) is 15.7. The minimum absolute atomic E-state index is 0.00619. The van der Waals surface area contributed by atoms with E-state index in [0.717, 1.165) is 31.0 Å². The molecule has 1 saturated heterocycles. The molecule has 0 unspecified atom stereocenters. The van der Waals surface area contributed by atoms with E-state index in [2.05, 4.69) is 5.10 Å². The first-order valence-electron chi connectivity index (χ1n) is 9.57. The first-order valence-corrected chi connectivity index (χ1v) is 9.57. The van der Waals surface area contributed by atoms with Crippen molar-refractivity contribution in [2.45, 2.75) is 37.6 Å². The Morgan fingerprint density at radius 3 is 2.41 bits per heavy atom. The molecule has 0 atom stereocenters. The second-order valence-corrected chi connectivity index (χ2v) is 7.30. The number of Topliss-reactive ketones (excluding diaryl/α,β-unsaturated/α-hetero) is 1. The van der Waals surface area contributed by atoms with E-state index in [-0.39, 0.29) is 23.3 Å².